The molecule has 2 aromatic rings. The highest BCUT2D eigenvalue weighted by molar-refractivity contribution is 7.99. The molecule has 2 aromatic carbocycles. The summed E-state index contributed by atoms with van der Waals surface area (Å²) in [6, 6.07) is 13.2. The van der Waals surface area contributed by atoms with Crippen LogP contribution in [0.2, 0.25) is 0 Å². The van der Waals surface area contributed by atoms with Crippen LogP contribution in [0.4, 0.5) is 5.69 Å². The summed E-state index contributed by atoms with van der Waals surface area (Å²) in [4.78, 5) is 11.7. The van der Waals surface area contributed by atoms with Crippen LogP contribution in [0.15, 0.2) is 52.5 Å². The van der Waals surface area contributed by atoms with Crippen molar-refractivity contribution in [3.8, 4) is 11.5 Å². The molecule has 0 aromatic heterocycles. The zero-order chi connectivity index (χ0) is 14.7. The van der Waals surface area contributed by atoms with Crippen LogP contribution in [0.3, 0.4) is 0 Å². The van der Waals surface area contributed by atoms with Crippen molar-refractivity contribution in [1.82, 2.24) is 0 Å². The zero-order valence-electron chi connectivity index (χ0n) is 11.2. The second-order valence-corrected chi connectivity index (χ2v) is 5.81. The molecule has 5 nitrogen and oxygen atoms in total. The molecule has 0 spiro atoms. The number of nitrogens with zero attached hydrogens (tertiary/aromatic N) is 1. The number of nitroso groups, excluding NO2 is 1. The van der Waals surface area contributed by atoms with Crippen LogP contribution in [0, 0.1) is 4.91 Å². The maximum atomic E-state index is 10.7. The summed E-state index contributed by atoms with van der Waals surface area (Å²) in [5.41, 5.74) is 7.62. The van der Waals surface area contributed by atoms with E-state index < -0.39 is 0 Å². The Morgan fingerprint density at radius 1 is 1.19 bits per heavy atom. The summed E-state index contributed by atoms with van der Waals surface area (Å²) < 4.78 is 10.7. The predicted molar refractivity (Wildman–Crippen MR) is 82.7 cm³/mol. The van der Waals surface area contributed by atoms with Crippen LogP contribution >= 0.6 is 11.8 Å². The number of ether oxygens (including phenoxy) is 2. The Bertz CT molecular complexity index is 663. The van der Waals surface area contributed by atoms with Crippen molar-refractivity contribution in [3.63, 3.8) is 0 Å². The van der Waals surface area contributed by atoms with Crippen molar-refractivity contribution in [2.24, 2.45) is 5.18 Å². The average Bonchev–Trinajstić information content (AvgIpc) is 2.96. The fraction of sp³-hybridized carbons (Fsp3) is 0.200. The maximum Gasteiger partial charge on any atom is 0.231 e. The van der Waals surface area contributed by atoms with E-state index in [1.807, 2.05) is 42.5 Å². The number of para-hydroxylation sites is 1. The van der Waals surface area contributed by atoms with Gasteiger partial charge in [0, 0.05) is 10.6 Å². The molecule has 0 fully saturated rings. The molecule has 21 heavy (non-hydrogen) atoms. The quantitative estimate of drug-likeness (QED) is 0.519. The summed E-state index contributed by atoms with van der Waals surface area (Å²) in [5, 5.41) is 2.94. The van der Waals surface area contributed by atoms with Gasteiger partial charge in [-0.3, -0.25) is 0 Å². The summed E-state index contributed by atoms with van der Waals surface area (Å²) in [5.74, 6) is 1.42. The standard InChI is InChI=1S/C15H14N2O3S/c16-11-3-1-2-4-14(11)21-15(8-17-18)10-5-6-12-13(7-10)20-9-19-12/h1-7,15H,8-9,16H2. The molecule has 0 saturated heterocycles. The number of fused-ring (bicyclic) bond motifs is 1. The molecular weight excluding hydrogens is 288 g/mol. The lowest BCUT2D eigenvalue weighted by Gasteiger charge is -2.15. The fourth-order valence-electron chi connectivity index (χ4n) is 2.13. The molecule has 108 valence electrons. The number of benzene rings is 2. The van der Waals surface area contributed by atoms with E-state index >= 15 is 0 Å². The number of nitrogen functional groups attached to an aromatic ring is 1. The number of hydrogen-bond donors (Lipinski definition) is 1. The normalized spacial score (nSPS) is 13.9. The van der Waals surface area contributed by atoms with E-state index in [0.717, 1.165) is 16.2 Å². The van der Waals surface area contributed by atoms with Crippen LogP contribution in [0.1, 0.15) is 10.8 Å². The predicted octanol–water partition coefficient (Wildman–Crippen LogP) is 3.60. The van der Waals surface area contributed by atoms with Gasteiger partial charge in [-0.1, -0.05) is 23.4 Å². The number of nitrogens with two attached hydrogens (primary N) is 1. The molecule has 3 rings (SSSR count). The van der Waals surface area contributed by atoms with Gasteiger partial charge < -0.3 is 15.2 Å². The Kier molecular flexibility index (Phi) is 3.96. The molecule has 0 aliphatic carbocycles. The van der Waals surface area contributed by atoms with Gasteiger partial charge in [0.15, 0.2) is 11.5 Å². The highest BCUT2D eigenvalue weighted by atomic mass is 32.2. The average molecular weight is 302 g/mol. The lowest BCUT2D eigenvalue weighted by Crippen LogP contribution is -1.99. The molecule has 2 N–H and O–H groups in total. The van der Waals surface area contributed by atoms with Gasteiger partial charge in [-0.25, -0.2) is 0 Å². The summed E-state index contributed by atoms with van der Waals surface area (Å²) >= 11 is 1.52. The van der Waals surface area contributed by atoms with Gasteiger partial charge in [0.1, 0.15) is 0 Å². The fourth-order valence-corrected chi connectivity index (χ4v) is 3.22. The monoisotopic (exact) mass is 302 g/mol. The van der Waals surface area contributed by atoms with E-state index in [1.54, 1.807) is 0 Å². The molecule has 1 unspecified atom stereocenters. The lowest BCUT2D eigenvalue weighted by atomic mass is 10.1. The lowest BCUT2D eigenvalue weighted by molar-refractivity contribution is 0.174. The van der Waals surface area contributed by atoms with Crippen LogP contribution in [0.25, 0.3) is 0 Å². The van der Waals surface area contributed by atoms with Crippen molar-refractivity contribution in [1.29, 1.82) is 0 Å². The molecule has 0 saturated carbocycles. The Labute approximate surface area is 126 Å². The Morgan fingerprint density at radius 3 is 2.81 bits per heavy atom. The van der Waals surface area contributed by atoms with Crippen molar-refractivity contribution in [2.75, 3.05) is 19.1 Å². The van der Waals surface area contributed by atoms with Crippen molar-refractivity contribution in [2.45, 2.75) is 10.1 Å². The van der Waals surface area contributed by atoms with Gasteiger partial charge in [0.2, 0.25) is 6.79 Å². The second kappa shape index (κ2) is 6.05. The number of thioether (sulfide) groups is 1. The third kappa shape index (κ3) is 2.95. The zero-order valence-corrected chi connectivity index (χ0v) is 12.0. The number of anilines is 1. The first-order valence-electron chi connectivity index (χ1n) is 6.48. The topological polar surface area (TPSA) is 73.9 Å². The first-order chi connectivity index (χ1) is 10.3. The summed E-state index contributed by atoms with van der Waals surface area (Å²) in [6.45, 7) is 0.396. The smallest absolute Gasteiger partial charge is 0.231 e. The maximum absolute atomic E-state index is 10.7. The molecule has 1 heterocycles. The molecule has 1 aliphatic rings. The molecule has 1 atom stereocenters. The Balaban J connectivity index is 1.87. The summed E-state index contributed by atoms with van der Waals surface area (Å²) in [6.07, 6.45) is 0. The molecular formula is C15H14N2O3S. The Morgan fingerprint density at radius 2 is 2.00 bits per heavy atom. The third-order valence-corrected chi connectivity index (χ3v) is 4.53. The molecule has 0 bridgehead atoms. The van der Waals surface area contributed by atoms with Gasteiger partial charge in [0.25, 0.3) is 0 Å². The van der Waals surface area contributed by atoms with Crippen molar-refractivity contribution < 1.29 is 9.47 Å². The van der Waals surface area contributed by atoms with Gasteiger partial charge in [-0.2, -0.15) is 4.91 Å². The van der Waals surface area contributed by atoms with E-state index in [4.69, 9.17) is 15.2 Å². The van der Waals surface area contributed by atoms with Crippen molar-refractivity contribution >= 4 is 17.4 Å². The minimum atomic E-state index is -0.110. The highest BCUT2D eigenvalue weighted by Crippen LogP contribution is 2.41. The van der Waals surface area contributed by atoms with E-state index in [2.05, 4.69) is 5.18 Å². The SMILES string of the molecule is Nc1ccccc1SC(CN=O)c1ccc2c(c1)OCO2. The van der Waals surface area contributed by atoms with Crippen molar-refractivity contribution in [3.05, 3.63) is 52.9 Å². The van der Waals surface area contributed by atoms with Crippen LogP contribution in [-0.4, -0.2) is 13.3 Å². The number of rotatable bonds is 5. The first-order valence-corrected chi connectivity index (χ1v) is 7.35. The largest absolute Gasteiger partial charge is 0.454 e. The second-order valence-electron chi connectivity index (χ2n) is 4.57. The van der Waals surface area contributed by atoms with Gasteiger partial charge in [0.05, 0.1) is 11.8 Å². The van der Waals surface area contributed by atoms with E-state index in [0.29, 0.717) is 11.4 Å². The first kappa shape index (κ1) is 13.8. The molecule has 0 amide bonds. The third-order valence-electron chi connectivity index (χ3n) is 3.20. The van der Waals surface area contributed by atoms with Gasteiger partial charge in [-0.05, 0) is 29.8 Å². The van der Waals surface area contributed by atoms with Crippen LogP contribution in [0.5, 0.6) is 11.5 Å². The highest BCUT2D eigenvalue weighted by Gasteiger charge is 2.20. The van der Waals surface area contributed by atoms with Gasteiger partial charge in [-0.15, -0.1) is 11.8 Å². The van der Waals surface area contributed by atoms with Crippen LogP contribution in [-0.2, 0) is 0 Å². The minimum Gasteiger partial charge on any atom is -0.454 e. The minimum absolute atomic E-state index is 0.110. The molecule has 0 radical (unpaired) electrons. The van der Waals surface area contributed by atoms with E-state index in [9.17, 15) is 4.91 Å². The number of hydrogen-bond acceptors (Lipinski definition) is 6. The van der Waals surface area contributed by atoms with E-state index in [-0.39, 0.29) is 18.6 Å². The van der Waals surface area contributed by atoms with E-state index in [1.165, 1.54) is 11.8 Å². The molecule has 6 heteroatoms. The van der Waals surface area contributed by atoms with Gasteiger partial charge >= 0.3 is 0 Å². The van der Waals surface area contributed by atoms with Crippen LogP contribution < -0.4 is 15.2 Å². The molecule has 1 aliphatic heterocycles. The Hall–Kier alpha value is -2.21. The summed E-state index contributed by atoms with van der Waals surface area (Å²) in [7, 11) is 0.